The van der Waals surface area contributed by atoms with E-state index in [0.717, 1.165) is 11.7 Å². The van der Waals surface area contributed by atoms with Crippen LogP contribution in [0, 0.1) is 0 Å². The number of nitrogens with two attached hydrogens (primary N) is 2. The lowest BCUT2D eigenvalue weighted by Crippen LogP contribution is -2.40. The standard InChI is InChI=1S/C11H15N7O7S/c1-15(9(13)19)10(20)17-3-5-7-4-16(6(2-12)8(5)14-17)11(21)18(7)25-26(22,23)24/h3,6-7H,2,4,12H2,1H3,(H2,13,19)(H,22,23,24)/t6-,7-/m1/s1. The molecule has 0 saturated carbocycles. The number of aromatic nitrogens is 2. The van der Waals surface area contributed by atoms with Crippen LogP contribution in [0.25, 0.3) is 0 Å². The minimum absolute atomic E-state index is 0.00869. The molecule has 0 unspecified atom stereocenters. The third-order valence-corrected chi connectivity index (χ3v) is 4.47. The third kappa shape index (κ3) is 2.75. The first-order valence-corrected chi connectivity index (χ1v) is 8.55. The number of rotatable bonds is 3. The van der Waals surface area contributed by atoms with Gasteiger partial charge in [0.05, 0.1) is 18.3 Å². The van der Waals surface area contributed by atoms with Crippen LogP contribution in [-0.2, 0) is 14.7 Å². The van der Waals surface area contributed by atoms with Crippen LogP contribution in [0.4, 0.5) is 14.4 Å². The highest BCUT2D eigenvalue weighted by molar-refractivity contribution is 7.80. The Bertz CT molecular complexity index is 897. The molecule has 1 aromatic rings. The fourth-order valence-electron chi connectivity index (χ4n) is 2.92. The lowest BCUT2D eigenvalue weighted by Gasteiger charge is -2.28. The number of fused-ring (bicyclic) bond motifs is 4. The zero-order valence-electron chi connectivity index (χ0n) is 13.3. The minimum atomic E-state index is -4.96. The fraction of sp³-hybridized carbons (Fsp3) is 0.455. The Balaban J connectivity index is 2.04. The molecule has 2 bridgehead atoms. The molecule has 0 radical (unpaired) electrons. The Kier molecular flexibility index (Phi) is 4.10. The predicted octanol–water partition coefficient (Wildman–Crippen LogP) is -1.61. The number of nitrogens with zero attached hydrogens (tertiary/aromatic N) is 5. The summed E-state index contributed by atoms with van der Waals surface area (Å²) in [6.07, 6.45) is 1.22. The Labute approximate surface area is 146 Å². The second-order valence-corrected chi connectivity index (χ2v) is 6.63. The molecule has 2 atom stereocenters. The molecule has 3 heterocycles. The first kappa shape index (κ1) is 18.1. The van der Waals surface area contributed by atoms with E-state index in [-0.39, 0.29) is 24.3 Å². The highest BCUT2D eigenvalue weighted by Crippen LogP contribution is 2.43. The van der Waals surface area contributed by atoms with E-state index in [1.165, 1.54) is 11.1 Å². The van der Waals surface area contributed by atoms with Gasteiger partial charge in [0.2, 0.25) is 0 Å². The van der Waals surface area contributed by atoms with Gasteiger partial charge < -0.3 is 16.4 Å². The number of urea groups is 2. The van der Waals surface area contributed by atoms with E-state index in [1.807, 2.05) is 0 Å². The van der Waals surface area contributed by atoms with Crippen molar-refractivity contribution < 1.29 is 31.6 Å². The highest BCUT2D eigenvalue weighted by Gasteiger charge is 2.51. The Hall–Kier alpha value is -2.75. The van der Waals surface area contributed by atoms with Crippen LogP contribution in [0.2, 0.25) is 0 Å². The van der Waals surface area contributed by atoms with Gasteiger partial charge in [-0.15, -0.1) is 4.28 Å². The van der Waals surface area contributed by atoms with E-state index in [4.69, 9.17) is 16.0 Å². The number of carbonyl (C=O) groups is 3. The molecule has 15 heteroatoms. The van der Waals surface area contributed by atoms with Crippen molar-refractivity contribution in [2.24, 2.45) is 11.5 Å². The molecule has 1 aromatic heterocycles. The van der Waals surface area contributed by atoms with Crippen LogP contribution in [0.15, 0.2) is 6.20 Å². The van der Waals surface area contributed by atoms with E-state index in [9.17, 15) is 22.8 Å². The zero-order chi connectivity index (χ0) is 19.4. The molecule has 14 nitrogen and oxygen atoms in total. The van der Waals surface area contributed by atoms with E-state index >= 15 is 0 Å². The van der Waals surface area contributed by atoms with Crippen LogP contribution in [0.5, 0.6) is 0 Å². The zero-order valence-corrected chi connectivity index (χ0v) is 14.2. The summed E-state index contributed by atoms with van der Waals surface area (Å²) in [6, 6.07) is -4.40. The van der Waals surface area contributed by atoms with Gasteiger partial charge >= 0.3 is 28.5 Å². The predicted molar refractivity (Wildman–Crippen MR) is 81.5 cm³/mol. The van der Waals surface area contributed by atoms with Gasteiger partial charge in [-0.1, -0.05) is 0 Å². The second-order valence-electron chi connectivity index (χ2n) is 5.62. The SMILES string of the molecule is CN(C(N)=O)C(=O)n1cc2c(n1)[C@@H](CN)N1C[C@H]2N(OS(=O)(=O)O)C1=O. The van der Waals surface area contributed by atoms with Crippen LogP contribution in [0.1, 0.15) is 23.3 Å². The summed E-state index contributed by atoms with van der Waals surface area (Å²) in [6.45, 7) is -0.0587. The number of carbonyl (C=O) groups excluding carboxylic acids is 3. The monoisotopic (exact) mass is 389 g/mol. The number of hydroxylamine groups is 2. The number of hydrogen-bond acceptors (Lipinski definition) is 8. The summed E-state index contributed by atoms with van der Waals surface area (Å²) in [4.78, 5) is 37.5. The fourth-order valence-corrected chi connectivity index (χ4v) is 3.29. The van der Waals surface area contributed by atoms with Crippen molar-refractivity contribution in [3.05, 3.63) is 17.5 Å². The average molecular weight is 389 g/mol. The van der Waals surface area contributed by atoms with Gasteiger partial charge in [-0.25, -0.2) is 19.3 Å². The van der Waals surface area contributed by atoms with Crippen molar-refractivity contribution in [3.63, 3.8) is 0 Å². The molecule has 142 valence electrons. The molecule has 5 N–H and O–H groups in total. The maximum absolute atomic E-state index is 12.3. The number of amides is 5. The summed E-state index contributed by atoms with van der Waals surface area (Å²) in [7, 11) is -3.80. The second kappa shape index (κ2) is 5.90. The van der Waals surface area contributed by atoms with Gasteiger partial charge in [0, 0.05) is 25.4 Å². The van der Waals surface area contributed by atoms with Crippen LogP contribution >= 0.6 is 0 Å². The molecule has 0 spiro atoms. The topological polar surface area (TPSA) is 194 Å². The first-order chi connectivity index (χ1) is 12.0. The van der Waals surface area contributed by atoms with Gasteiger partial charge in [-0.3, -0.25) is 4.55 Å². The molecule has 3 rings (SSSR count). The Morgan fingerprint density at radius 3 is 2.69 bits per heavy atom. The lowest BCUT2D eigenvalue weighted by molar-refractivity contribution is -0.0317. The van der Waals surface area contributed by atoms with Crippen molar-refractivity contribution in [1.29, 1.82) is 0 Å². The van der Waals surface area contributed by atoms with Crippen molar-refractivity contribution in [2.75, 3.05) is 20.1 Å². The Morgan fingerprint density at radius 2 is 2.15 bits per heavy atom. The number of hydrogen-bond donors (Lipinski definition) is 3. The van der Waals surface area contributed by atoms with E-state index in [2.05, 4.69) is 9.38 Å². The Morgan fingerprint density at radius 1 is 1.50 bits per heavy atom. The summed E-state index contributed by atoms with van der Waals surface area (Å²) in [5.74, 6) is 0. The quantitative estimate of drug-likeness (QED) is 0.509. The number of primary amides is 1. The molecule has 2 aliphatic heterocycles. The molecular weight excluding hydrogens is 374 g/mol. The van der Waals surface area contributed by atoms with Gasteiger partial charge in [0.25, 0.3) is 0 Å². The molecule has 1 fully saturated rings. The van der Waals surface area contributed by atoms with Gasteiger partial charge in [0.1, 0.15) is 6.04 Å². The third-order valence-electron chi connectivity index (χ3n) is 4.12. The van der Waals surface area contributed by atoms with Crippen LogP contribution in [0.3, 0.4) is 0 Å². The maximum Gasteiger partial charge on any atom is 0.418 e. The van der Waals surface area contributed by atoms with Crippen molar-refractivity contribution in [1.82, 2.24) is 24.6 Å². The first-order valence-electron chi connectivity index (χ1n) is 7.19. The van der Waals surface area contributed by atoms with E-state index in [0.29, 0.717) is 9.96 Å². The van der Waals surface area contributed by atoms with Crippen molar-refractivity contribution in [2.45, 2.75) is 12.1 Å². The largest absolute Gasteiger partial charge is 0.418 e. The molecule has 26 heavy (non-hydrogen) atoms. The van der Waals surface area contributed by atoms with Crippen molar-refractivity contribution >= 4 is 28.5 Å². The molecule has 0 aromatic carbocycles. The van der Waals surface area contributed by atoms with Gasteiger partial charge in [-0.05, 0) is 0 Å². The lowest BCUT2D eigenvalue weighted by atomic mass is 9.98. The summed E-state index contributed by atoms with van der Waals surface area (Å²) >= 11 is 0. The highest BCUT2D eigenvalue weighted by atomic mass is 32.3. The van der Waals surface area contributed by atoms with Gasteiger partial charge in [-0.2, -0.15) is 23.3 Å². The molecule has 2 aliphatic rings. The summed E-state index contributed by atoms with van der Waals surface area (Å²) in [5, 5.41) is 4.53. The molecular formula is C11H15N7O7S. The molecule has 5 amide bonds. The summed E-state index contributed by atoms with van der Waals surface area (Å²) < 4.78 is 36.1. The van der Waals surface area contributed by atoms with Crippen LogP contribution in [-0.4, -0.2) is 75.8 Å². The summed E-state index contributed by atoms with van der Waals surface area (Å²) in [5.41, 5.74) is 11.3. The maximum atomic E-state index is 12.3. The van der Waals surface area contributed by atoms with Crippen molar-refractivity contribution in [3.8, 4) is 0 Å². The number of imide groups is 1. The van der Waals surface area contributed by atoms with E-state index in [1.54, 1.807) is 0 Å². The smallest absolute Gasteiger partial charge is 0.351 e. The molecule has 0 aliphatic carbocycles. The van der Waals surface area contributed by atoms with Crippen LogP contribution < -0.4 is 11.5 Å². The average Bonchev–Trinajstić information content (AvgIpc) is 3.10. The normalized spacial score (nSPS) is 21.7. The molecule has 1 saturated heterocycles. The van der Waals surface area contributed by atoms with E-state index < -0.39 is 40.6 Å². The minimum Gasteiger partial charge on any atom is -0.351 e. The van der Waals surface area contributed by atoms with Gasteiger partial charge in [0.15, 0.2) is 0 Å².